The minimum absolute atomic E-state index is 0.0179. The highest BCUT2D eigenvalue weighted by Crippen LogP contribution is 2.25. The molecule has 0 aliphatic rings. The molecule has 0 fully saturated rings. The van der Waals surface area contributed by atoms with Gasteiger partial charge in [0.2, 0.25) is 0 Å². The molecule has 0 bridgehead atoms. The van der Waals surface area contributed by atoms with Crippen LogP contribution in [0.2, 0.25) is 10.0 Å². The van der Waals surface area contributed by atoms with Crippen LogP contribution in [0.4, 0.5) is 5.69 Å². The molecule has 31 heavy (non-hydrogen) atoms. The van der Waals surface area contributed by atoms with Crippen LogP contribution in [0.5, 0.6) is 0 Å². The first-order valence-electron chi connectivity index (χ1n) is 9.54. The summed E-state index contributed by atoms with van der Waals surface area (Å²) < 4.78 is 2.09. The molecule has 0 saturated carbocycles. The molecular weight excluding hydrogens is 429 g/mol. The van der Waals surface area contributed by atoms with Crippen LogP contribution in [0.1, 0.15) is 11.1 Å². The van der Waals surface area contributed by atoms with Crippen molar-refractivity contribution in [2.24, 2.45) is 0 Å². The van der Waals surface area contributed by atoms with Crippen molar-refractivity contribution in [1.82, 2.24) is 4.57 Å². The Morgan fingerprint density at radius 2 is 1.61 bits per heavy atom. The number of carbonyl (C=O) groups is 1. The minimum atomic E-state index is -0.473. The number of benzene rings is 3. The quantitative estimate of drug-likeness (QED) is 0.280. The second-order valence-electron chi connectivity index (χ2n) is 6.99. The highest BCUT2D eigenvalue weighted by atomic mass is 35.5. The number of rotatable bonds is 5. The summed E-state index contributed by atoms with van der Waals surface area (Å²) >= 11 is 11.9. The highest BCUT2D eigenvalue weighted by Gasteiger charge is 2.13. The van der Waals surface area contributed by atoms with Crippen LogP contribution in [0.25, 0.3) is 17.0 Å². The number of nitrogens with zero attached hydrogens (tertiary/aromatic N) is 2. The highest BCUT2D eigenvalue weighted by molar-refractivity contribution is 6.30. The van der Waals surface area contributed by atoms with E-state index in [-0.39, 0.29) is 5.57 Å². The van der Waals surface area contributed by atoms with E-state index in [0.29, 0.717) is 22.3 Å². The van der Waals surface area contributed by atoms with Crippen molar-refractivity contribution in [1.29, 1.82) is 5.26 Å². The summed E-state index contributed by atoms with van der Waals surface area (Å²) in [6, 6.07) is 24.3. The van der Waals surface area contributed by atoms with Crippen molar-refractivity contribution >= 4 is 51.8 Å². The Morgan fingerprint density at radius 3 is 2.29 bits per heavy atom. The van der Waals surface area contributed by atoms with Gasteiger partial charge in [0.25, 0.3) is 5.91 Å². The number of carbonyl (C=O) groups excluding carboxylic acids is 1. The summed E-state index contributed by atoms with van der Waals surface area (Å²) in [5, 5.41) is 14.6. The van der Waals surface area contributed by atoms with Gasteiger partial charge in [-0.15, -0.1) is 0 Å². The van der Waals surface area contributed by atoms with E-state index in [1.807, 2.05) is 60.8 Å². The van der Waals surface area contributed by atoms with Crippen molar-refractivity contribution < 1.29 is 4.79 Å². The van der Waals surface area contributed by atoms with Crippen LogP contribution in [0.3, 0.4) is 0 Å². The number of para-hydroxylation sites is 1. The predicted molar refractivity (Wildman–Crippen MR) is 126 cm³/mol. The molecule has 0 unspecified atom stereocenters. The standard InChI is InChI=1S/C25H17Cl2N3O/c26-20-7-5-17(6-8-20)15-30-16-19(23-3-1-2-4-24(23)30)13-18(14-28)25(31)29-22-11-9-21(27)10-12-22/h1-13,16H,15H2,(H,29,31)/b18-13+. The van der Waals surface area contributed by atoms with Crippen molar-refractivity contribution in [2.75, 3.05) is 5.32 Å². The normalized spacial score (nSPS) is 11.3. The Morgan fingerprint density at radius 1 is 0.968 bits per heavy atom. The van der Waals surface area contributed by atoms with Gasteiger partial charge in [0, 0.05) is 44.9 Å². The molecule has 1 aromatic heterocycles. The second-order valence-corrected chi connectivity index (χ2v) is 7.86. The van der Waals surface area contributed by atoms with Gasteiger partial charge in [-0.25, -0.2) is 0 Å². The molecule has 6 heteroatoms. The molecule has 1 heterocycles. The Hall–Kier alpha value is -3.52. The first kappa shape index (κ1) is 20.7. The number of amides is 1. The van der Waals surface area contributed by atoms with Gasteiger partial charge in [-0.2, -0.15) is 5.26 Å². The van der Waals surface area contributed by atoms with Crippen LogP contribution >= 0.6 is 23.2 Å². The lowest BCUT2D eigenvalue weighted by Crippen LogP contribution is -2.13. The fourth-order valence-corrected chi connectivity index (χ4v) is 3.60. The maximum atomic E-state index is 12.6. The van der Waals surface area contributed by atoms with Crippen LogP contribution in [0, 0.1) is 11.3 Å². The number of anilines is 1. The van der Waals surface area contributed by atoms with E-state index in [4.69, 9.17) is 23.2 Å². The summed E-state index contributed by atoms with van der Waals surface area (Å²) in [4.78, 5) is 12.6. The molecule has 4 aromatic rings. The number of fused-ring (bicyclic) bond motifs is 1. The third-order valence-corrected chi connectivity index (χ3v) is 5.36. The summed E-state index contributed by atoms with van der Waals surface area (Å²) in [5.74, 6) is -0.473. The zero-order valence-electron chi connectivity index (χ0n) is 16.3. The van der Waals surface area contributed by atoms with Gasteiger partial charge in [-0.1, -0.05) is 53.5 Å². The van der Waals surface area contributed by atoms with E-state index >= 15 is 0 Å². The molecule has 0 atom stereocenters. The summed E-state index contributed by atoms with van der Waals surface area (Å²) in [6.45, 7) is 0.643. The van der Waals surface area contributed by atoms with Crippen LogP contribution in [0.15, 0.2) is 84.6 Å². The van der Waals surface area contributed by atoms with Gasteiger partial charge in [0.05, 0.1) is 0 Å². The van der Waals surface area contributed by atoms with Gasteiger partial charge in [-0.3, -0.25) is 4.79 Å². The number of aromatic nitrogens is 1. The molecule has 0 aliphatic heterocycles. The zero-order chi connectivity index (χ0) is 21.8. The van der Waals surface area contributed by atoms with Gasteiger partial charge < -0.3 is 9.88 Å². The second kappa shape index (κ2) is 9.09. The van der Waals surface area contributed by atoms with Crippen LogP contribution in [-0.4, -0.2) is 10.5 Å². The smallest absolute Gasteiger partial charge is 0.266 e. The maximum Gasteiger partial charge on any atom is 0.266 e. The number of hydrogen-bond donors (Lipinski definition) is 1. The van der Waals surface area contributed by atoms with Crippen LogP contribution in [-0.2, 0) is 11.3 Å². The van der Waals surface area contributed by atoms with Crippen molar-refractivity contribution in [3.8, 4) is 6.07 Å². The van der Waals surface area contributed by atoms with E-state index < -0.39 is 5.91 Å². The lowest BCUT2D eigenvalue weighted by molar-refractivity contribution is -0.112. The predicted octanol–water partition coefficient (Wildman–Crippen LogP) is 6.54. The molecule has 3 aromatic carbocycles. The topological polar surface area (TPSA) is 57.8 Å². The first-order valence-corrected chi connectivity index (χ1v) is 10.3. The van der Waals surface area contributed by atoms with E-state index in [0.717, 1.165) is 22.0 Å². The lowest BCUT2D eigenvalue weighted by Gasteiger charge is -2.05. The molecule has 1 amide bonds. The SMILES string of the molecule is N#C/C(=C\c1cn(Cc2ccc(Cl)cc2)c2ccccc12)C(=O)Nc1ccc(Cl)cc1. The number of nitriles is 1. The monoisotopic (exact) mass is 445 g/mol. The summed E-state index contributed by atoms with van der Waals surface area (Å²) in [7, 11) is 0. The molecule has 0 radical (unpaired) electrons. The molecule has 0 aliphatic carbocycles. The lowest BCUT2D eigenvalue weighted by atomic mass is 10.1. The van der Waals surface area contributed by atoms with E-state index in [2.05, 4.69) is 9.88 Å². The van der Waals surface area contributed by atoms with Crippen molar-refractivity contribution in [3.05, 3.63) is 106 Å². The summed E-state index contributed by atoms with van der Waals surface area (Å²) in [5.41, 5.74) is 3.50. The molecule has 4 nitrogen and oxygen atoms in total. The van der Waals surface area contributed by atoms with Crippen LogP contribution < -0.4 is 5.32 Å². The largest absolute Gasteiger partial charge is 0.342 e. The van der Waals surface area contributed by atoms with Gasteiger partial charge in [0.15, 0.2) is 0 Å². The van der Waals surface area contributed by atoms with Gasteiger partial charge in [0.1, 0.15) is 11.6 Å². The Kier molecular flexibility index (Phi) is 6.08. The molecular formula is C25H17Cl2N3O. The molecule has 152 valence electrons. The molecule has 4 rings (SSSR count). The Balaban J connectivity index is 1.66. The first-order chi connectivity index (χ1) is 15.0. The molecule has 1 N–H and O–H groups in total. The van der Waals surface area contributed by atoms with E-state index in [1.165, 1.54) is 0 Å². The number of nitrogens with one attached hydrogen (secondary N) is 1. The van der Waals surface area contributed by atoms with Gasteiger partial charge >= 0.3 is 0 Å². The zero-order valence-corrected chi connectivity index (χ0v) is 17.9. The fourth-order valence-electron chi connectivity index (χ4n) is 3.34. The fraction of sp³-hybridized carbons (Fsp3) is 0.0400. The molecule has 0 saturated heterocycles. The minimum Gasteiger partial charge on any atom is -0.342 e. The Bertz CT molecular complexity index is 1310. The number of halogens is 2. The third-order valence-electron chi connectivity index (χ3n) is 4.85. The van der Waals surface area contributed by atoms with Crippen molar-refractivity contribution in [3.63, 3.8) is 0 Å². The Labute approximate surface area is 189 Å². The molecule has 0 spiro atoms. The number of hydrogen-bond acceptors (Lipinski definition) is 2. The van der Waals surface area contributed by atoms with Gasteiger partial charge in [-0.05, 0) is 54.1 Å². The van der Waals surface area contributed by atoms with E-state index in [1.54, 1.807) is 30.3 Å². The third kappa shape index (κ3) is 4.80. The average molecular weight is 446 g/mol. The summed E-state index contributed by atoms with van der Waals surface area (Å²) in [6.07, 6.45) is 3.57. The maximum absolute atomic E-state index is 12.6. The van der Waals surface area contributed by atoms with E-state index in [9.17, 15) is 10.1 Å². The average Bonchev–Trinajstić information content (AvgIpc) is 3.12. The van der Waals surface area contributed by atoms with Crippen molar-refractivity contribution in [2.45, 2.75) is 6.54 Å².